The number of ether oxygens (including phenoxy) is 2. The van der Waals surface area contributed by atoms with Gasteiger partial charge in [0.1, 0.15) is 11.5 Å². The molecule has 0 spiro atoms. The van der Waals surface area contributed by atoms with Crippen molar-refractivity contribution in [1.82, 2.24) is 5.43 Å². The molecular formula is C21H20N2O3. The van der Waals surface area contributed by atoms with E-state index in [1.807, 2.05) is 66.7 Å². The maximum atomic E-state index is 12.1. The molecule has 5 nitrogen and oxygen atoms in total. The van der Waals surface area contributed by atoms with Crippen molar-refractivity contribution in [1.29, 1.82) is 0 Å². The average molecular weight is 348 g/mol. The summed E-state index contributed by atoms with van der Waals surface area (Å²) in [6.07, 6.45) is 0.907. The van der Waals surface area contributed by atoms with E-state index in [2.05, 4.69) is 10.5 Å². The zero-order chi connectivity index (χ0) is 18.4. The number of carbonyl (C=O) groups excluding carboxylic acids is 1. The Morgan fingerprint density at radius 2 is 1.69 bits per heavy atom. The van der Waals surface area contributed by atoms with E-state index >= 15 is 0 Å². The van der Waals surface area contributed by atoms with Gasteiger partial charge in [0.15, 0.2) is 6.10 Å². The number of nitrogens with one attached hydrogen (secondary N) is 1. The molecule has 0 radical (unpaired) electrons. The SMILES string of the molecule is COc1ccc(/C=N/NC(=O)C(C)Oc2ccc3ccccc3c2)cc1. The standard InChI is InChI=1S/C21H20N2O3/c1-15(26-20-12-9-17-5-3-4-6-18(17)13-20)21(24)23-22-14-16-7-10-19(25-2)11-8-16/h3-15H,1-2H3,(H,23,24)/b22-14+. The molecule has 0 heterocycles. The quantitative estimate of drug-likeness (QED) is 0.545. The summed E-state index contributed by atoms with van der Waals surface area (Å²) < 4.78 is 10.8. The van der Waals surface area contributed by atoms with Crippen molar-refractivity contribution < 1.29 is 14.3 Å². The van der Waals surface area contributed by atoms with Gasteiger partial charge in [0, 0.05) is 0 Å². The molecule has 0 fully saturated rings. The van der Waals surface area contributed by atoms with Gasteiger partial charge in [-0.15, -0.1) is 0 Å². The molecule has 0 saturated heterocycles. The first kappa shape index (κ1) is 17.5. The lowest BCUT2D eigenvalue weighted by Crippen LogP contribution is -2.33. The Morgan fingerprint density at radius 3 is 2.42 bits per heavy atom. The van der Waals surface area contributed by atoms with Crippen LogP contribution in [0.3, 0.4) is 0 Å². The third kappa shape index (κ3) is 4.39. The van der Waals surface area contributed by atoms with E-state index < -0.39 is 6.10 Å². The topological polar surface area (TPSA) is 59.9 Å². The van der Waals surface area contributed by atoms with Crippen LogP contribution in [0.25, 0.3) is 10.8 Å². The second kappa shape index (κ2) is 8.16. The zero-order valence-electron chi connectivity index (χ0n) is 14.7. The Balaban J connectivity index is 1.57. The minimum absolute atomic E-state index is 0.317. The van der Waals surface area contributed by atoms with Gasteiger partial charge in [0.2, 0.25) is 0 Å². The van der Waals surface area contributed by atoms with Crippen LogP contribution in [0.4, 0.5) is 0 Å². The second-order valence-corrected chi connectivity index (χ2v) is 5.78. The van der Waals surface area contributed by atoms with Crippen LogP contribution >= 0.6 is 0 Å². The number of hydrogen-bond donors (Lipinski definition) is 1. The Kier molecular flexibility index (Phi) is 5.49. The molecule has 0 aliphatic carbocycles. The number of fused-ring (bicyclic) bond motifs is 1. The highest BCUT2D eigenvalue weighted by molar-refractivity contribution is 5.85. The normalized spacial score (nSPS) is 12.1. The summed E-state index contributed by atoms with van der Waals surface area (Å²) in [5, 5.41) is 6.16. The summed E-state index contributed by atoms with van der Waals surface area (Å²) >= 11 is 0. The molecular weight excluding hydrogens is 328 g/mol. The van der Waals surface area contributed by atoms with E-state index in [1.165, 1.54) is 0 Å². The predicted octanol–water partition coefficient (Wildman–Crippen LogP) is 3.77. The van der Waals surface area contributed by atoms with Gasteiger partial charge in [0.25, 0.3) is 5.91 Å². The molecule has 132 valence electrons. The number of hydrogen-bond acceptors (Lipinski definition) is 4. The summed E-state index contributed by atoms with van der Waals surface area (Å²) in [4.78, 5) is 12.1. The maximum Gasteiger partial charge on any atom is 0.280 e. The molecule has 0 aliphatic heterocycles. The number of carbonyl (C=O) groups is 1. The van der Waals surface area contributed by atoms with Crippen LogP contribution in [0.5, 0.6) is 11.5 Å². The van der Waals surface area contributed by atoms with Crippen molar-refractivity contribution in [2.45, 2.75) is 13.0 Å². The fourth-order valence-electron chi connectivity index (χ4n) is 2.45. The largest absolute Gasteiger partial charge is 0.497 e. The first-order chi connectivity index (χ1) is 12.7. The van der Waals surface area contributed by atoms with Crippen LogP contribution < -0.4 is 14.9 Å². The van der Waals surface area contributed by atoms with Gasteiger partial charge in [-0.25, -0.2) is 5.43 Å². The third-order valence-corrected chi connectivity index (χ3v) is 3.91. The molecule has 3 rings (SSSR count). The highest BCUT2D eigenvalue weighted by Crippen LogP contribution is 2.21. The molecule has 1 N–H and O–H groups in total. The molecule has 0 aliphatic rings. The zero-order valence-corrected chi connectivity index (χ0v) is 14.7. The van der Waals surface area contributed by atoms with Crippen LogP contribution in [0.2, 0.25) is 0 Å². The molecule has 0 bridgehead atoms. The van der Waals surface area contributed by atoms with E-state index in [0.29, 0.717) is 5.75 Å². The van der Waals surface area contributed by atoms with Crippen molar-refractivity contribution in [3.05, 3.63) is 72.3 Å². The summed E-state index contributed by atoms with van der Waals surface area (Å²) in [5.41, 5.74) is 3.35. The molecule has 5 heteroatoms. The Labute approximate surface area is 152 Å². The Hall–Kier alpha value is -3.34. The minimum atomic E-state index is -0.663. The Morgan fingerprint density at radius 1 is 1.00 bits per heavy atom. The predicted molar refractivity (Wildman–Crippen MR) is 103 cm³/mol. The number of amides is 1. The number of benzene rings is 3. The number of hydrazone groups is 1. The molecule has 3 aromatic carbocycles. The molecule has 1 amide bonds. The highest BCUT2D eigenvalue weighted by Gasteiger charge is 2.14. The number of nitrogens with zero attached hydrogens (tertiary/aromatic N) is 1. The fraction of sp³-hybridized carbons (Fsp3) is 0.143. The van der Waals surface area contributed by atoms with Crippen LogP contribution in [0.1, 0.15) is 12.5 Å². The van der Waals surface area contributed by atoms with Gasteiger partial charge >= 0.3 is 0 Å². The highest BCUT2D eigenvalue weighted by atomic mass is 16.5. The summed E-state index contributed by atoms with van der Waals surface area (Å²) in [6, 6.07) is 21.1. The van der Waals surface area contributed by atoms with Crippen LogP contribution in [0, 0.1) is 0 Å². The lowest BCUT2D eigenvalue weighted by molar-refractivity contribution is -0.127. The van der Waals surface area contributed by atoms with E-state index in [1.54, 1.807) is 20.2 Å². The summed E-state index contributed by atoms with van der Waals surface area (Å²) in [7, 11) is 1.61. The van der Waals surface area contributed by atoms with E-state index in [-0.39, 0.29) is 5.91 Å². The first-order valence-corrected chi connectivity index (χ1v) is 8.28. The van der Waals surface area contributed by atoms with Crippen molar-refractivity contribution >= 4 is 22.9 Å². The van der Waals surface area contributed by atoms with Gasteiger partial charge in [0.05, 0.1) is 13.3 Å². The van der Waals surface area contributed by atoms with Crippen molar-refractivity contribution in [3.8, 4) is 11.5 Å². The van der Waals surface area contributed by atoms with Gasteiger partial charge in [-0.1, -0.05) is 30.3 Å². The summed E-state index contributed by atoms with van der Waals surface area (Å²) in [5.74, 6) is 1.09. The van der Waals surface area contributed by atoms with E-state index in [4.69, 9.17) is 9.47 Å². The van der Waals surface area contributed by atoms with E-state index in [9.17, 15) is 4.79 Å². The molecule has 1 unspecified atom stereocenters. The molecule has 1 atom stereocenters. The van der Waals surface area contributed by atoms with Gasteiger partial charge in [-0.3, -0.25) is 4.79 Å². The monoisotopic (exact) mass is 348 g/mol. The maximum absolute atomic E-state index is 12.1. The first-order valence-electron chi connectivity index (χ1n) is 8.28. The molecule has 3 aromatic rings. The third-order valence-electron chi connectivity index (χ3n) is 3.91. The van der Waals surface area contributed by atoms with Crippen molar-refractivity contribution in [2.24, 2.45) is 5.10 Å². The lowest BCUT2D eigenvalue weighted by Gasteiger charge is -2.13. The number of rotatable bonds is 6. The van der Waals surface area contributed by atoms with Gasteiger partial charge < -0.3 is 9.47 Å². The van der Waals surface area contributed by atoms with Crippen molar-refractivity contribution in [2.75, 3.05) is 7.11 Å². The molecule has 0 saturated carbocycles. The van der Waals surface area contributed by atoms with Gasteiger partial charge in [-0.2, -0.15) is 5.10 Å². The average Bonchev–Trinajstić information content (AvgIpc) is 2.68. The second-order valence-electron chi connectivity index (χ2n) is 5.78. The Bertz CT molecular complexity index is 920. The van der Waals surface area contributed by atoms with E-state index in [0.717, 1.165) is 22.1 Å². The lowest BCUT2D eigenvalue weighted by atomic mass is 10.1. The number of methoxy groups -OCH3 is 1. The van der Waals surface area contributed by atoms with Crippen molar-refractivity contribution in [3.63, 3.8) is 0 Å². The molecule has 0 aromatic heterocycles. The van der Waals surface area contributed by atoms with Gasteiger partial charge in [-0.05, 0) is 59.7 Å². The van der Waals surface area contributed by atoms with Crippen LogP contribution in [-0.4, -0.2) is 25.3 Å². The molecule has 26 heavy (non-hydrogen) atoms. The van der Waals surface area contributed by atoms with Crippen LogP contribution in [-0.2, 0) is 4.79 Å². The van der Waals surface area contributed by atoms with Crippen LogP contribution in [0.15, 0.2) is 71.8 Å². The smallest absolute Gasteiger partial charge is 0.280 e. The fourth-order valence-corrected chi connectivity index (χ4v) is 2.45. The summed E-state index contributed by atoms with van der Waals surface area (Å²) in [6.45, 7) is 1.69. The minimum Gasteiger partial charge on any atom is -0.497 e.